The lowest BCUT2D eigenvalue weighted by Gasteiger charge is -2.20. The standard InChI is InChI=1S/C13H17N3/c1-14-9-10-16(2)13-7-8-15-12-6-4-3-5-11(12)13/h3-8,14H,9-10H2,1-2H3. The average molecular weight is 215 g/mol. The van der Waals surface area contributed by atoms with Gasteiger partial charge in [0.25, 0.3) is 0 Å². The first-order valence-corrected chi connectivity index (χ1v) is 5.52. The van der Waals surface area contributed by atoms with Gasteiger partial charge in [-0.3, -0.25) is 4.98 Å². The summed E-state index contributed by atoms with van der Waals surface area (Å²) in [5, 5.41) is 4.37. The molecule has 1 aromatic heterocycles. The number of rotatable bonds is 4. The maximum Gasteiger partial charge on any atom is 0.0722 e. The van der Waals surface area contributed by atoms with E-state index in [1.807, 2.05) is 25.4 Å². The summed E-state index contributed by atoms with van der Waals surface area (Å²) in [4.78, 5) is 6.61. The van der Waals surface area contributed by atoms with Crippen LogP contribution in [0.15, 0.2) is 36.5 Å². The van der Waals surface area contributed by atoms with Gasteiger partial charge in [0, 0.05) is 37.4 Å². The molecule has 2 rings (SSSR count). The zero-order valence-corrected chi connectivity index (χ0v) is 9.77. The van der Waals surface area contributed by atoms with Crippen LogP contribution < -0.4 is 10.2 Å². The second kappa shape index (κ2) is 4.94. The molecule has 1 heterocycles. The van der Waals surface area contributed by atoms with Crippen molar-refractivity contribution in [3.63, 3.8) is 0 Å². The van der Waals surface area contributed by atoms with Gasteiger partial charge in [-0.1, -0.05) is 18.2 Å². The van der Waals surface area contributed by atoms with Gasteiger partial charge in [-0.2, -0.15) is 0 Å². The van der Waals surface area contributed by atoms with Crippen LogP contribution in [0.2, 0.25) is 0 Å². The summed E-state index contributed by atoms with van der Waals surface area (Å²) < 4.78 is 0. The van der Waals surface area contributed by atoms with Crippen LogP contribution in [0.1, 0.15) is 0 Å². The van der Waals surface area contributed by atoms with E-state index in [9.17, 15) is 0 Å². The lowest BCUT2D eigenvalue weighted by Crippen LogP contribution is -2.27. The Morgan fingerprint density at radius 1 is 1.25 bits per heavy atom. The number of pyridine rings is 1. The van der Waals surface area contributed by atoms with E-state index in [2.05, 4.69) is 40.4 Å². The number of fused-ring (bicyclic) bond motifs is 1. The van der Waals surface area contributed by atoms with Crippen molar-refractivity contribution < 1.29 is 0 Å². The lowest BCUT2D eigenvalue weighted by atomic mass is 10.2. The molecule has 0 saturated carbocycles. The fourth-order valence-electron chi connectivity index (χ4n) is 1.81. The number of hydrogen-bond donors (Lipinski definition) is 1. The Bertz CT molecular complexity index is 462. The van der Waals surface area contributed by atoms with Gasteiger partial charge in [0.1, 0.15) is 0 Å². The maximum atomic E-state index is 4.36. The zero-order chi connectivity index (χ0) is 11.4. The normalized spacial score (nSPS) is 10.6. The number of para-hydroxylation sites is 1. The van der Waals surface area contributed by atoms with Crippen molar-refractivity contribution >= 4 is 16.6 Å². The molecule has 1 aromatic carbocycles. The van der Waals surface area contributed by atoms with E-state index in [0.717, 1.165) is 18.6 Å². The molecule has 0 unspecified atom stereocenters. The first-order valence-electron chi connectivity index (χ1n) is 5.52. The van der Waals surface area contributed by atoms with Crippen LogP contribution in [0, 0.1) is 0 Å². The molecule has 84 valence electrons. The Hall–Kier alpha value is -1.61. The molecule has 1 N–H and O–H groups in total. The summed E-state index contributed by atoms with van der Waals surface area (Å²) in [6.45, 7) is 1.97. The molecular weight excluding hydrogens is 198 g/mol. The predicted octanol–water partition coefficient (Wildman–Crippen LogP) is 1.89. The molecule has 0 saturated heterocycles. The van der Waals surface area contributed by atoms with Crippen LogP contribution in [-0.4, -0.2) is 32.2 Å². The minimum atomic E-state index is 0.979. The Morgan fingerprint density at radius 3 is 2.88 bits per heavy atom. The largest absolute Gasteiger partial charge is 0.373 e. The van der Waals surface area contributed by atoms with Crippen molar-refractivity contribution in [2.75, 3.05) is 32.1 Å². The van der Waals surface area contributed by atoms with Crippen molar-refractivity contribution in [3.05, 3.63) is 36.5 Å². The maximum absolute atomic E-state index is 4.36. The molecule has 2 aromatic rings. The highest BCUT2D eigenvalue weighted by atomic mass is 15.1. The summed E-state index contributed by atoms with van der Waals surface area (Å²) in [5.41, 5.74) is 2.29. The first-order chi connectivity index (χ1) is 7.83. The molecule has 0 spiro atoms. The van der Waals surface area contributed by atoms with Gasteiger partial charge >= 0.3 is 0 Å². The number of nitrogens with one attached hydrogen (secondary N) is 1. The first kappa shape index (κ1) is 10.9. The molecule has 0 amide bonds. The van der Waals surface area contributed by atoms with E-state index in [1.54, 1.807) is 0 Å². The van der Waals surface area contributed by atoms with Crippen molar-refractivity contribution in [3.8, 4) is 0 Å². The third-order valence-corrected chi connectivity index (χ3v) is 2.73. The van der Waals surface area contributed by atoms with Gasteiger partial charge in [0.2, 0.25) is 0 Å². The minimum absolute atomic E-state index is 0.979. The summed E-state index contributed by atoms with van der Waals surface area (Å²) in [7, 11) is 4.08. The number of nitrogens with zero attached hydrogens (tertiary/aromatic N) is 2. The number of likely N-dealkylation sites (N-methyl/N-ethyl adjacent to an activating group) is 2. The Kier molecular flexibility index (Phi) is 3.37. The summed E-state index contributed by atoms with van der Waals surface area (Å²) >= 11 is 0. The molecule has 3 heteroatoms. The zero-order valence-electron chi connectivity index (χ0n) is 9.77. The number of anilines is 1. The highest BCUT2D eigenvalue weighted by molar-refractivity contribution is 5.91. The van der Waals surface area contributed by atoms with E-state index in [0.29, 0.717) is 0 Å². The Labute approximate surface area is 96.1 Å². The average Bonchev–Trinajstić information content (AvgIpc) is 2.35. The Balaban J connectivity index is 2.36. The molecule has 16 heavy (non-hydrogen) atoms. The Morgan fingerprint density at radius 2 is 2.06 bits per heavy atom. The summed E-state index contributed by atoms with van der Waals surface area (Å²) in [5.74, 6) is 0. The molecule has 0 bridgehead atoms. The molecule has 0 aliphatic carbocycles. The monoisotopic (exact) mass is 215 g/mol. The van der Waals surface area contributed by atoms with Crippen molar-refractivity contribution in [2.24, 2.45) is 0 Å². The van der Waals surface area contributed by atoms with Gasteiger partial charge in [-0.15, -0.1) is 0 Å². The van der Waals surface area contributed by atoms with Crippen LogP contribution in [0.5, 0.6) is 0 Å². The van der Waals surface area contributed by atoms with Crippen LogP contribution in [0.4, 0.5) is 5.69 Å². The second-order valence-electron chi connectivity index (χ2n) is 3.87. The quantitative estimate of drug-likeness (QED) is 0.844. The number of benzene rings is 1. The third kappa shape index (κ3) is 2.14. The fraction of sp³-hybridized carbons (Fsp3) is 0.308. The molecule has 0 fully saturated rings. The van der Waals surface area contributed by atoms with E-state index in [1.165, 1.54) is 11.1 Å². The van der Waals surface area contributed by atoms with Crippen molar-refractivity contribution in [1.29, 1.82) is 0 Å². The molecule has 0 aliphatic heterocycles. The van der Waals surface area contributed by atoms with E-state index in [-0.39, 0.29) is 0 Å². The third-order valence-electron chi connectivity index (χ3n) is 2.73. The molecule has 3 nitrogen and oxygen atoms in total. The van der Waals surface area contributed by atoms with Gasteiger partial charge in [0.05, 0.1) is 5.52 Å². The van der Waals surface area contributed by atoms with Gasteiger partial charge in [-0.25, -0.2) is 0 Å². The summed E-state index contributed by atoms with van der Waals surface area (Å²) in [6.07, 6.45) is 1.87. The van der Waals surface area contributed by atoms with Gasteiger partial charge in [0.15, 0.2) is 0 Å². The molecular formula is C13H17N3. The van der Waals surface area contributed by atoms with E-state index < -0.39 is 0 Å². The SMILES string of the molecule is CNCCN(C)c1ccnc2ccccc12. The van der Waals surface area contributed by atoms with Crippen LogP contribution in [0.25, 0.3) is 10.9 Å². The predicted molar refractivity (Wildman–Crippen MR) is 68.9 cm³/mol. The van der Waals surface area contributed by atoms with E-state index in [4.69, 9.17) is 0 Å². The van der Waals surface area contributed by atoms with E-state index >= 15 is 0 Å². The molecule has 0 aliphatic rings. The van der Waals surface area contributed by atoms with Crippen LogP contribution in [0.3, 0.4) is 0 Å². The van der Waals surface area contributed by atoms with Crippen molar-refractivity contribution in [1.82, 2.24) is 10.3 Å². The lowest BCUT2D eigenvalue weighted by molar-refractivity contribution is 0.769. The topological polar surface area (TPSA) is 28.2 Å². The molecule has 0 radical (unpaired) electrons. The fourth-order valence-corrected chi connectivity index (χ4v) is 1.81. The number of aromatic nitrogens is 1. The number of hydrogen-bond acceptors (Lipinski definition) is 3. The highest BCUT2D eigenvalue weighted by Gasteiger charge is 2.05. The highest BCUT2D eigenvalue weighted by Crippen LogP contribution is 2.23. The molecule has 0 atom stereocenters. The van der Waals surface area contributed by atoms with Crippen molar-refractivity contribution in [2.45, 2.75) is 0 Å². The summed E-state index contributed by atoms with van der Waals surface area (Å²) in [6, 6.07) is 10.3. The van der Waals surface area contributed by atoms with Crippen LogP contribution >= 0.6 is 0 Å². The second-order valence-corrected chi connectivity index (χ2v) is 3.87. The minimum Gasteiger partial charge on any atom is -0.373 e. The van der Waals surface area contributed by atoms with Gasteiger partial charge < -0.3 is 10.2 Å². The smallest absolute Gasteiger partial charge is 0.0722 e. The van der Waals surface area contributed by atoms with Crippen LogP contribution in [-0.2, 0) is 0 Å². The van der Waals surface area contributed by atoms with Gasteiger partial charge in [-0.05, 0) is 19.2 Å².